The number of hydrogen-bond acceptors (Lipinski definition) is 5. The highest BCUT2D eigenvalue weighted by Gasteiger charge is 2.17. The molecule has 1 fully saturated rings. The molecule has 1 aromatic heterocycles. The maximum Gasteiger partial charge on any atom is 0.118 e. The number of rotatable bonds is 7. The zero-order valence-electron chi connectivity index (χ0n) is 12.5. The lowest BCUT2D eigenvalue weighted by Crippen LogP contribution is -2.44. The lowest BCUT2D eigenvalue weighted by molar-refractivity contribution is -0.0213. The first-order valence-corrected chi connectivity index (χ1v) is 7.40. The molecule has 0 spiro atoms. The Morgan fingerprint density at radius 3 is 2.90 bits per heavy atom. The number of aliphatic hydroxyl groups is 1. The van der Waals surface area contributed by atoms with Gasteiger partial charge in [0, 0.05) is 32.7 Å². The Morgan fingerprint density at radius 1 is 1.40 bits per heavy atom. The largest absolute Gasteiger partial charge is 0.465 e. The van der Waals surface area contributed by atoms with Gasteiger partial charge in [0.05, 0.1) is 25.9 Å². The van der Waals surface area contributed by atoms with Crippen molar-refractivity contribution >= 4 is 0 Å². The maximum absolute atomic E-state index is 9.19. The van der Waals surface area contributed by atoms with Gasteiger partial charge in [-0.1, -0.05) is 0 Å². The summed E-state index contributed by atoms with van der Waals surface area (Å²) in [7, 11) is 0. The second-order valence-electron chi connectivity index (χ2n) is 5.49. The number of aliphatic hydroxyl groups excluding tert-OH is 1. The molecule has 1 aliphatic heterocycles. The van der Waals surface area contributed by atoms with Gasteiger partial charge >= 0.3 is 0 Å². The van der Waals surface area contributed by atoms with Crippen LogP contribution >= 0.6 is 0 Å². The molecule has 0 saturated carbocycles. The van der Waals surface area contributed by atoms with Gasteiger partial charge in [-0.25, -0.2) is 0 Å². The van der Waals surface area contributed by atoms with Gasteiger partial charge in [0.25, 0.3) is 0 Å². The number of furan rings is 1. The Hall–Kier alpha value is -0.880. The van der Waals surface area contributed by atoms with Gasteiger partial charge in [-0.15, -0.1) is 0 Å². The summed E-state index contributed by atoms with van der Waals surface area (Å²) in [5.74, 6) is 1.90. The molecule has 2 rings (SSSR count). The topological polar surface area (TPSA) is 49.1 Å². The van der Waals surface area contributed by atoms with Gasteiger partial charge in [-0.05, 0) is 26.0 Å². The second-order valence-corrected chi connectivity index (χ2v) is 5.49. The summed E-state index contributed by atoms with van der Waals surface area (Å²) in [6, 6.07) is 3.99. The van der Waals surface area contributed by atoms with Crippen molar-refractivity contribution in [2.75, 3.05) is 45.9 Å². The average Bonchev–Trinajstić information content (AvgIpc) is 2.82. The van der Waals surface area contributed by atoms with E-state index in [1.807, 2.05) is 19.1 Å². The summed E-state index contributed by atoms with van der Waals surface area (Å²) >= 11 is 0. The number of nitrogens with zero attached hydrogens (tertiary/aromatic N) is 2. The van der Waals surface area contributed by atoms with E-state index in [0.29, 0.717) is 12.6 Å². The third kappa shape index (κ3) is 4.90. The third-order valence-electron chi connectivity index (χ3n) is 3.65. The van der Waals surface area contributed by atoms with Gasteiger partial charge in [-0.3, -0.25) is 9.80 Å². The molecular weight excluding hydrogens is 256 g/mol. The van der Waals surface area contributed by atoms with Crippen LogP contribution in [0.15, 0.2) is 16.5 Å². The molecule has 0 aliphatic carbocycles. The molecule has 0 unspecified atom stereocenters. The van der Waals surface area contributed by atoms with Crippen molar-refractivity contribution in [3.8, 4) is 0 Å². The summed E-state index contributed by atoms with van der Waals surface area (Å²) in [4.78, 5) is 4.66. The fraction of sp³-hybridized carbons (Fsp3) is 0.733. The van der Waals surface area contributed by atoms with E-state index in [-0.39, 0.29) is 6.61 Å². The van der Waals surface area contributed by atoms with Crippen LogP contribution in [0.5, 0.6) is 0 Å². The van der Waals surface area contributed by atoms with E-state index in [2.05, 4.69) is 16.7 Å². The molecule has 2 heterocycles. The van der Waals surface area contributed by atoms with E-state index in [0.717, 1.165) is 50.9 Å². The van der Waals surface area contributed by atoms with Crippen molar-refractivity contribution < 1.29 is 14.3 Å². The number of ether oxygens (including phenoxy) is 1. The van der Waals surface area contributed by atoms with Crippen molar-refractivity contribution in [3.05, 3.63) is 23.7 Å². The standard InChI is InChI=1S/C15H26N2O3/c1-13-3-4-15(20-13)12-16(7-9-18)5-6-17-8-10-19-14(2)11-17/h3-4,14,18H,5-12H2,1-2H3/t14-/m0/s1. The highest BCUT2D eigenvalue weighted by atomic mass is 16.5. The Morgan fingerprint density at radius 2 is 2.25 bits per heavy atom. The third-order valence-corrected chi connectivity index (χ3v) is 3.65. The molecular formula is C15H26N2O3. The maximum atomic E-state index is 9.19. The van der Waals surface area contributed by atoms with Crippen LogP contribution in [0.4, 0.5) is 0 Å². The molecule has 5 heteroatoms. The first kappa shape index (κ1) is 15.5. The zero-order valence-corrected chi connectivity index (χ0v) is 12.5. The smallest absolute Gasteiger partial charge is 0.118 e. The second kappa shape index (κ2) is 7.78. The van der Waals surface area contributed by atoms with Crippen molar-refractivity contribution in [1.82, 2.24) is 9.80 Å². The fourth-order valence-corrected chi connectivity index (χ4v) is 2.58. The molecule has 1 atom stereocenters. The molecule has 20 heavy (non-hydrogen) atoms. The summed E-state index contributed by atoms with van der Waals surface area (Å²) in [5, 5.41) is 9.19. The quantitative estimate of drug-likeness (QED) is 0.811. The van der Waals surface area contributed by atoms with Crippen LogP contribution in [0.3, 0.4) is 0 Å². The molecule has 1 aliphatic rings. The molecule has 0 bridgehead atoms. The van der Waals surface area contributed by atoms with Crippen LogP contribution in [0.2, 0.25) is 0 Å². The summed E-state index contributed by atoms with van der Waals surface area (Å²) in [6.07, 6.45) is 0.322. The number of hydrogen-bond donors (Lipinski definition) is 1. The van der Waals surface area contributed by atoms with Crippen LogP contribution in [-0.4, -0.2) is 66.9 Å². The molecule has 1 aromatic rings. The Kier molecular flexibility index (Phi) is 6.04. The monoisotopic (exact) mass is 282 g/mol. The van der Waals surface area contributed by atoms with E-state index < -0.39 is 0 Å². The van der Waals surface area contributed by atoms with Gasteiger partial charge in [0.1, 0.15) is 11.5 Å². The van der Waals surface area contributed by atoms with E-state index in [9.17, 15) is 5.11 Å². The van der Waals surface area contributed by atoms with Gasteiger partial charge in [0.15, 0.2) is 0 Å². The van der Waals surface area contributed by atoms with Gasteiger partial charge < -0.3 is 14.3 Å². The predicted molar refractivity (Wildman–Crippen MR) is 77.7 cm³/mol. The lowest BCUT2D eigenvalue weighted by atomic mass is 10.3. The van der Waals surface area contributed by atoms with Crippen molar-refractivity contribution in [1.29, 1.82) is 0 Å². The minimum absolute atomic E-state index is 0.180. The lowest BCUT2D eigenvalue weighted by Gasteiger charge is -2.32. The average molecular weight is 282 g/mol. The highest BCUT2D eigenvalue weighted by Crippen LogP contribution is 2.10. The first-order chi connectivity index (χ1) is 9.67. The minimum Gasteiger partial charge on any atom is -0.465 e. The van der Waals surface area contributed by atoms with Crippen molar-refractivity contribution in [2.24, 2.45) is 0 Å². The fourth-order valence-electron chi connectivity index (χ4n) is 2.58. The number of aryl methyl sites for hydroxylation is 1. The summed E-state index contributed by atoms with van der Waals surface area (Å²) in [5.41, 5.74) is 0. The van der Waals surface area contributed by atoms with Gasteiger partial charge in [-0.2, -0.15) is 0 Å². The SMILES string of the molecule is Cc1ccc(CN(CCO)CCN2CCO[C@@H](C)C2)o1. The summed E-state index contributed by atoms with van der Waals surface area (Å²) in [6.45, 7) is 10.4. The molecule has 1 N–H and O–H groups in total. The van der Waals surface area contributed by atoms with Crippen LogP contribution in [0.25, 0.3) is 0 Å². The summed E-state index contributed by atoms with van der Waals surface area (Å²) < 4.78 is 11.2. The van der Waals surface area contributed by atoms with Crippen LogP contribution < -0.4 is 0 Å². The zero-order chi connectivity index (χ0) is 14.4. The molecule has 0 amide bonds. The van der Waals surface area contributed by atoms with E-state index >= 15 is 0 Å². The number of morpholine rings is 1. The molecule has 5 nitrogen and oxygen atoms in total. The van der Waals surface area contributed by atoms with Gasteiger partial charge in [0.2, 0.25) is 0 Å². The molecule has 0 radical (unpaired) electrons. The molecule has 114 valence electrons. The normalized spacial score (nSPS) is 20.7. The Balaban J connectivity index is 1.79. The van der Waals surface area contributed by atoms with Crippen molar-refractivity contribution in [2.45, 2.75) is 26.5 Å². The highest BCUT2D eigenvalue weighted by molar-refractivity contribution is 5.05. The van der Waals surface area contributed by atoms with Crippen LogP contribution in [0.1, 0.15) is 18.4 Å². The van der Waals surface area contributed by atoms with Crippen molar-refractivity contribution in [3.63, 3.8) is 0 Å². The first-order valence-electron chi connectivity index (χ1n) is 7.40. The molecule has 0 aromatic carbocycles. The molecule has 1 saturated heterocycles. The van der Waals surface area contributed by atoms with E-state index in [1.54, 1.807) is 0 Å². The minimum atomic E-state index is 0.180. The Labute approximate surface area is 121 Å². The van der Waals surface area contributed by atoms with E-state index in [4.69, 9.17) is 9.15 Å². The van der Waals surface area contributed by atoms with E-state index in [1.165, 1.54) is 0 Å². The predicted octanol–water partition coefficient (Wildman–Crippen LogP) is 1.10. The Bertz CT molecular complexity index is 394. The van der Waals surface area contributed by atoms with Crippen LogP contribution in [0, 0.1) is 6.92 Å². The van der Waals surface area contributed by atoms with Crippen LogP contribution in [-0.2, 0) is 11.3 Å².